The van der Waals surface area contributed by atoms with E-state index < -0.39 is 12.3 Å². The fraction of sp³-hybridized carbons (Fsp3) is 0.875. The van der Waals surface area contributed by atoms with Gasteiger partial charge in [0.25, 0.3) is 0 Å². The van der Waals surface area contributed by atoms with Crippen molar-refractivity contribution in [1.29, 1.82) is 0 Å². The Bertz CT molecular complexity index is 217. The molecule has 1 fully saturated rings. The van der Waals surface area contributed by atoms with Crippen molar-refractivity contribution >= 4 is 5.91 Å². The Morgan fingerprint density at radius 1 is 1.50 bits per heavy atom. The maximum Gasteiger partial charge on any atom is 0.457 e. The van der Waals surface area contributed by atoms with Crippen molar-refractivity contribution in [2.45, 2.75) is 32.1 Å². The van der Waals surface area contributed by atoms with E-state index in [4.69, 9.17) is 0 Å². The van der Waals surface area contributed by atoms with Gasteiger partial charge in [-0.3, -0.25) is 4.79 Å². The Hall–Kier alpha value is -0.780. The fourth-order valence-corrected chi connectivity index (χ4v) is 1.61. The Kier molecular flexibility index (Phi) is 3.36. The fourth-order valence-electron chi connectivity index (χ4n) is 1.61. The number of carbonyl (C=O) groups excluding carboxylic acids is 1. The lowest BCUT2D eigenvalue weighted by Gasteiger charge is -2.32. The third kappa shape index (κ3) is 3.53. The second-order valence-electron chi connectivity index (χ2n) is 3.45. The topological polar surface area (TPSA) is 32.3 Å². The SMILES string of the molecule is CC(=O)N1CCC[C@H](NC(F)(F)F)C1. The molecule has 0 bridgehead atoms. The predicted molar refractivity (Wildman–Crippen MR) is 44.5 cm³/mol. The van der Waals surface area contributed by atoms with E-state index in [1.54, 1.807) is 5.32 Å². The molecule has 1 amide bonds. The number of nitrogens with zero attached hydrogens (tertiary/aromatic N) is 1. The van der Waals surface area contributed by atoms with Crippen LogP contribution in [0.5, 0.6) is 0 Å². The molecule has 0 unspecified atom stereocenters. The quantitative estimate of drug-likeness (QED) is 0.657. The molecule has 0 aromatic rings. The Labute approximate surface area is 80.3 Å². The van der Waals surface area contributed by atoms with E-state index in [0.717, 1.165) is 0 Å². The van der Waals surface area contributed by atoms with Gasteiger partial charge in [-0.05, 0) is 12.8 Å². The summed E-state index contributed by atoms with van der Waals surface area (Å²) < 4.78 is 35.9. The molecule has 0 saturated carbocycles. The highest BCUT2D eigenvalue weighted by molar-refractivity contribution is 5.73. The molecule has 0 aromatic carbocycles. The maximum absolute atomic E-state index is 12.0. The van der Waals surface area contributed by atoms with E-state index in [2.05, 4.69) is 0 Å². The second kappa shape index (κ2) is 4.16. The van der Waals surface area contributed by atoms with Crippen molar-refractivity contribution in [3.05, 3.63) is 0 Å². The lowest BCUT2D eigenvalue weighted by molar-refractivity contribution is -0.168. The molecule has 1 rings (SSSR count). The molecule has 0 aliphatic carbocycles. The molecule has 1 atom stereocenters. The zero-order valence-electron chi connectivity index (χ0n) is 7.90. The summed E-state index contributed by atoms with van der Waals surface area (Å²) in [4.78, 5) is 12.4. The van der Waals surface area contributed by atoms with E-state index in [-0.39, 0.29) is 12.5 Å². The molecule has 3 nitrogen and oxygen atoms in total. The van der Waals surface area contributed by atoms with Crippen LogP contribution in [0, 0.1) is 0 Å². The van der Waals surface area contributed by atoms with Crippen molar-refractivity contribution in [1.82, 2.24) is 10.2 Å². The van der Waals surface area contributed by atoms with Gasteiger partial charge >= 0.3 is 6.30 Å². The van der Waals surface area contributed by atoms with Crippen LogP contribution in [0.2, 0.25) is 0 Å². The zero-order valence-corrected chi connectivity index (χ0v) is 7.90. The van der Waals surface area contributed by atoms with Gasteiger partial charge in [-0.25, -0.2) is 5.32 Å². The Morgan fingerprint density at radius 2 is 2.14 bits per heavy atom. The summed E-state index contributed by atoms with van der Waals surface area (Å²) in [5.41, 5.74) is 0. The van der Waals surface area contributed by atoms with Crippen LogP contribution in [0.25, 0.3) is 0 Å². The number of carbonyl (C=O) groups is 1. The highest BCUT2D eigenvalue weighted by atomic mass is 19.4. The zero-order chi connectivity index (χ0) is 10.8. The summed E-state index contributed by atoms with van der Waals surface area (Å²) in [7, 11) is 0. The van der Waals surface area contributed by atoms with Crippen LogP contribution >= 0.6 is 0 Å². The van der Waals surface area contributed by atoms with Gasteiger partial charge in [-0.2, -0.15) is 13.2 Å². The van der Waals surface area contributed by atoms with E-state index in [1.165, 1.54) is 11.8 Å². The minimum Gasteiger partial charge on any atom is -0.341 e. The van der Waals surface area contributed by atoms with Gasteiger partial charge < -0.3 is 4.90 Å². The molecule has 1 saturated heterocycles. The lowest BCUT2D eigenvalue weighted by Crippen LogP contribution is -2.51. The summed E-state index contributed by atoms with van der Waals surface area (Å²) in [5, 5.41) is 1.55. The molecule has 6 heteroatoms. The number of hydrogen-bond donors (Lipinski definition) is 1. The predicted octanol–water partition coefficient (Wildman–Crippen LogP) is 1.11. The monoisotopic (exact) mass is 210 g/mol. The number of likely N-dealkylation sites (tertiary alicyclic amines) is 1. The molecule has 0 radical (unpaired) electrons. The molecule has 0 aromatic heterocycles. The van der Waals surface area contributed by atoms with Crippen LogP contribution in [-0.4, -0.2) is 36.2 Å². The normalized spacial score (nSPS) is 23.7. The van der Waals surface area contributed by atoms with Gasteiger partial charge in [0.1, 0.15) is 0 Å². The van der Waals surface area contributed by atoms with Crippen LogP contribution in [0.1, 0.15) is 19.8 Å². The number of amides is 1. The highest BCUT2D eigenvalue weighted by Crippen LogP contribution is 2.16. The first-order chi connectivity index (χ1) is 6.38. The average Bonchev–Trinajstić information content (AvgIpc) is 2.01. The molecule has 1 N–H and O–H groups in total. The van der Waals surface area contributed by atoms with E-state index in [1.807, 2.05) is 0 Å². The first-order valence-corrected chi connectivity index (χ1v) is 4.48. The second-order valence-corrected chi connectivity index (χ2v) is 3.45. The van der Waals surface area contributed by atoms with E-state index in [9.17, 15) is 18.0 Å². The number of nitrogens with one attached hydrogen (secondary N) is 1. The van der Waals surface area contributed by atoms with Crippen molar-refractivity contribution < 1.29 is 18.0 Å². The van der Waals surface area contributed by atoms with Crippen molar-refractivity contribution in [2.75, 3.05) is 13.1 Å². The average molecular weight is 210 g/mol. The first kappa shape index (κ1) is 11.3. The lowest BCUT2D eigenvalue weighted by atomic mass is 10.1. The number of rotatable bonds is 1. The standard InChI is InChI=1S/C8H13F3N2O/c1-6(14)13-4-2-3-7(5-13)12-8(9,10)11/h7,12H,2-5H2,1H3/t7-/m0/s1. The summed E-state index contributed by atoms with van der Waals surface area (Å²) >= 11 is 0. The molecule has 1 heterocycles. The molecule has 1 aliphatic rings. The van der Waals surface area contributed by atoms with Gasteiger partial charge in [0.05, 0.1) is 0 Å². The van der Waals surface area contributed by atoms with Crippen molar-refractivity contribution in [2.24, 2.45) is 0 Å². The molecular weight excluding hydrogens is 197 g/mol. The third-order valence-corrected chi connectivity index (χ3v) is 2.23. The van der Waals surface area contributed by atoms with Crippen molar-refractivity contribution in [3.63, 3.8) is 0 Å². The van der Waals surface area contributed by atoms with Gasteiger partial charge in [-0.15, -0.1) is 0 Å². The van der Waals surface area contributed by atoms with Crippen molar-refractivity contribution in [3.8, 4) is 0 Å². The van der Waals surface area contributed by atoms with E-state index >= 15 is 0 Å². The number of halogens is 3. The van der Waals surface area contributed by atoms with Gasteiger partial charge in [0.2, 0.25) is 5.91 Å². The molecule has 82 valence electrons. The van der Waals surface area contributed by atoms with Gasteiger partial charge in [-0.1, -0.05) is 0 Å². The van der Waals surface area contributed by atoms with Crippen LogP contribution in [0.4, 0.5) is 13.2 Å². The first-order valence-electron chi connectivity index (χ1n) is 4.48. The number of alkyl halides is 3. The molecular formula is C8H13F3N2O. The summed E-state index contributed by atoms with van der Waals surface area (Å²) in [6, 6.07) is -0.660. The summed E-state index contributed by atoms with van der Waals surface area (Å²) in [6.07, 6.45) is -3.28. The minimum atomic E-state index is -4.36. The Balaban J connectivity index is 2.44. The third-order valence-electron chi connectivity index (χ3n) is 2.23. The molecule has 1 aliphatic heterocycles. The number of piperidine rings is 1. The van der Waals surface area contributed by atoms with E-state index in [0.29, 0.717) is 19.4 Å². The van der Waals surface area contributed by atoms with Crippen LogP contribution < -0.4 is 5.32 Å². The minimum absolute atomic E-state index is 0.148. The smallest absolute Gasteiger partial charge is 0.341 e. The summed E-state index contributed by atoms with van der Waals surface area (Å²) in [5.74, 6) is -0.168. The number of hydrogen-bond acceptors (Lipinski definition) is 2. The van der Waals surface area contributed by atoms with Crippen LogP contribution in [0.15, 0.2) is 0 Å². The Morgan fingerprint density at radius 3 is 2.64 bits per heavy atom. The summed E-state index contributed by atoms with van der Waals surface area (Å²) in [6.45, 7) is 2.08. The molecule has 14 heavy (non-hydrogen) atoms. The largest absolute Gasteiger partial charge is 0.457 e. The van der Waals surface area contributed by atoms with Gasteiger partial charge in [0, 0.05) is 26.1 Å². The maximum atomic E-state index is 12.0. The highest BCUT2D eigenvalue weighted by Gasteiger charge is 2.33. The van der Waals surface area contributed by atoms with Crippen LogP contribution in [0.3, 0.4) is 0 Å². The molecule has 0 spiro atoms. The van der Waals surface area contributed by atoms with Crippen LogP contribution in [-0.2, 0) is 4.79 Å². The van der Waals surface area contributed by atoms with Gasteiger partial charge in [0.15, 0.2) is 0 Å².